The molecule has 0 atom stereocenters. The van der Waals surface area contributed by atoms with Crippen LogP contribution in [0.15, 0.2) is 30.5 Å². The molecular formula is C20H26N2O4. The Bertz CT molecular complexity index is 805. The molecule has 1 aliphatic rings. The Balaban J connectivity index is 2.00. The molecule has 1 aromatic carbocycles. The lowest BCUT2D eigenvalue weighted by molar-refractivity contribution is -0.151. The SMILES string of the molecule is COCCn1cc(C(=O)N(C)C2(C(=O)O)CCCCC2)c2ccccc21. The number of hydrogen-bond donors (Lipinski definition) is 1. The van der Waals surface area contributed by atoms with Gasteiger partial charge in [0.2, 0.25) is 0 Å². The van der Waals surface area contributed by atoms with Crippen molar-refractivity contribution in [3.05, 3.63) is 36.0 Å². The number of benzene rings is 1. The average molecular weight is 358 g/mol. The highest BCUT2D eigenvalue weighted by molar-refractivity contribution is 6.08. The molecule has 0 bridgehead atoms. The first-order chi connectivity index (χ1) is 12.5. The number of nitrogens with zero attached hydrogens (tertiary/aromatic N) is 2. The van der Waals surface area contributed by atoms with Gasteiger partial charge in [-0.3, -0.25) is 4.79 Å². The van der Waals surface area contributed by atoms with E-state index in [9.17, 15) is 14.7 Å². The minimum absolute atomic E-state index is 0.235. The molecule has 1 aliphatic carbocycles. The van der Waals surface area contributed by atoms with Gasteiger partial charge in [0, 0.05) is 37.8 Å². The quantitative estimate of drug-likeness (QED) is 0.861. The Kier molecular flexibility index (Phi) is 5.32. The summed E-state index contributed by atoms with van der Waals surface area (Å²) < 4.78 is 7.15. The highest BCUT2D eigenvalue weighted by Gasteiger charge is 2.46. The van der Waals surface area contributed by atoms with Crippen molar-refractivity contribution >= 4 is 22.8 Å². The Morgan fingerprint density at radius 1 is 1.23 bits per heavy atom. The van der Waals surface area contributed by atoms with Crippen LogP contribution >= 0.6 is 0 Å². The molecule has 2 aromatic rings. The fourth-order valence-corrected chi connectivity index (χ4v) is 4.00. The third-order valence-corrected chi connectivity index (χ3v) is 5.58. The van der Waals surface area contributed by atoms with Crippen LogP contribution < -0.4 is 0 Å². The van der Waals surface area contributed by atoms with Crippen molar-refractivity contribution < 1.29 is 19.4 Å². The number of rotatable bonds is 6. The van der Waals surface area contributed by atoms with Crippen molar-refractivity contribution in [2.24, 2.45) is 0 Å². The second-order valence-electron chi connectivity index (χ2n) is 7.01. The molecule has 1 fully saturated rings. The van der Waals surface area contributed by atoms with E-state index in [1.807, 2.05) is 35.0 Å². The summed E-state index contributed by atoms with van der Waals surface area (Å²) in [6, 6.07) is 7.71. The largest absolute Gasteiger partial charge is 0.479 e. The Morgan fingerprint density at radius 3 is 2.58 bits per heavy atom. The fraction of sp³-hybridized carbons (Fsp3) is 0.500. The number of carboxylic acids is 1. The molecule has 3 rings (SSSR count). The van der Waals surface area contributed by atoms with E-state index in [2.05, 4.69) is 0 Å². The second-order valence-corrected chi connectivity index (χ2v) is 7.01. The Hall–Kier alpha value is -2.34. The van der Waals surface area contributed by atoms with E-state index in [4.69, 9.17) is 4.74 Å². The third-order valence-electron chi connectivity index (χ3n) is 5.58. The summed E-state index contributed by atoms with van der Waals surface area (Å²) >= 11 is 0. The number of fused-ring (bicyclic) bond motifs is 1. The van der Waals surface area contributed by atoms with Gasteiger partial charge < -0.3 is 19.3 Å². The number of amides is 1. The van der Waals surface area contributed by atoms with E-state index in [0.29, 0.717) is 31.6 Å². The molecule has 6 heteroatoms. The van der Waals surface area contributed by atoms with Gasteiger partial charge in [0.05, 0.1) is 12.2 Å². The maximum absolute atomic E-state index is 13.3. The third kappa shape index (κ3) is 3.09. The standard InChI is InChI=1S/C20H26N2O4/c1-21(20(19(24)25)10-6-3-7-11-20)18(23)16-14-22(12-13-26-2)17-9-5-4-8-15(16)17/h4-5,8-9,14H,3,6-7,10-13H2,1-2H3,(H,24,25). The van der Waals surface area contributed by atoms with Crippen molar-refractivity contribution in [1.82, 2.24) is 9.47 Å². The molecule has 1 aromatic heterocycles. The lowest BCUT2D eigenvalue weighted by atomic mass is 9.80. The van der Waals surface area contributed by atoms with Gasteiger partial charge in [0.15, 0.2) is 0 Å². The van der Waals surface area contributed by atoms with E-state index in [1.54, 1.807) is 14.2 Å². The van der Waals surface area contributed by atoms with Crippen molar-refractivity contribution in [3.63, 3.8) is 0 Å². The zero-order valence-corrected chi connectivity index (χ0v) is 15.4. The predicted molar refractivity (Wildman–Crippen MR) is 99.4 cm³/mol. The highest BCUT2D eigenvalue weighted by Crippen LogP contribution is 2.35. The molecule has 6 nitrogen and oxygen atoms in total. The van der Waals surface area contributed by atoms with Gasteiger partial charge in [-0.1, -0.05) is 37.5 Å². The monoisotopic (exact) mass is 358 g/mol. The van der Waals surface area contributed by atoms with Gasteiger partial charge in [-0.05, 0) is 18.9 Å². The molecule has 0 aliphatic heterocycles. The lowest BCUT2D eigenvalue weighted by Crippen LogP contribution is -2.56. The summed E-state index contributed by atoms with van der Waals surface area (Å²) in [5.41, 5.74) is 0.394. The van der Waals surface area contributed by atoms with Crippen molar-refractivity contribution in [1.29, 1.82) is 0 Å². The first kappa shape index (κ1) is 18.5. The van der Waals surface area contributed by atoms with Crippen LogP contribution in [0, 0.1) is 0 Å². The van der Waals surface area contributed by atoms with Gasteiger partial charge >= 0.3 is 5.97 Å². The smallest absolute Gasteiger partial charge is 0.329 e. The van der Waals surface area contributed by atoms with Gasteiger partial charge in [0.25, 0.3) is 5.91 Å². The predicted octanol–water partition coefficient (Wildman–Crippen LogP) is 3.15. The first-order valence-corrected chi connectivity index (χ1v) is 9.09. The van der Waals surface area contributed by atoms with Gasteiger partial charge in [-0.25, -0.2) is 4.79 Å². The topological polar surface area (TPSA) is 71.8 Å². The van der Waals surface area contributed by atoms with Crippen molar-refractivity contribution in [2.45, 2.75) is 44.2 Å². The molecule has 0 unspecified atom stereocenters. The van der Waals surface area contributed by atoms with E-state index in [1.165, 1.54) is 4.90 Å². The number of ether oxygens (including phenoxy) is 1. The Labute approximate surface area is 153 Å². The average Bonchev–Trinajstić information content (AvgIpc) is 3.04. The van der Waals surface area contributed by atoms with Gasteiger partial charge in [-0.2, -0.15) is 0 Å². The lowest BCUT2D eigenvalue weighted by Gasteiger charge is -2.40. The molecule has 26 heavy (non-hydrogen) atoms. The summed E-state index contributed by atoms with van der Waals surface area (Å²) in [7, 11) is 3.27. The van der Waals surface area contributed by atoms with E-state index >= 15 is 0 Å². The minimum atomic E-state index is -1.11. The Morgan fingerprint density at radius 2 is 1.92 bits per heavy atom. The second kappa shape index (κ2) is 7.50. The van der Waals surface area contributed by atoms with Crippen LogP contribution in [0.1, 0.15) is 42.5 Å². The van der Waals surface area contributed by atoms with Crippen LogP contribution in [0.25, 0.3) is 10.9 Å². The van der Waals surface area contributed by atoms with Crippen LogP contribution in [0.4, 0.5) is 0 Å². The number of carbonyl (C=O) groups is 2. The van der Waals surface area contributed by atoms with E-state index < -0.39 is 11.5 Å². The molecule has 0 saturated heterocycles. The maximum atomic E-state index is 13.3. The van der Waals surface area contributed by atoms with E-state index in [-0.39, 0.29) is 5.91 Å². The number of carbonyl (C=O) groups excluding carboxylic acids is 1. The maximum Gasteiger partial charge on any atom is 0.329 e. The summed E-state index contributed by atoms with van der Waals surface area (Å²) in [5, 5.41) is 10.7. The van der Waals surface area contributed by atoms with E-state index in [0.717, 1.165) is 30.2 Å². The summed E-state index contributed by atoms with van der Waals surface area (Å²) in [6.07, 6.45) is 5.52. The van der Waals surface area contributed by atoms with Crippen molar-refractivity contribution in [2.75, 3.05) is 20.8 Å². The summed E-state index contributed by atoms with van der Waals surface area (Å²) in [5.74, 6) is -1.14. The summed E-state index contributed by atoms with van der Waals surface area (Å²) in [6.45, 7) is 1.18. The van der Waals surface area contributed by atoms with Crippen molar-refractivity contribution in [3.8, 4) is 0 Å². The molecule has 0 spiro atoms. The van der Waals surface area contributed by atoms with Crippen LogP contribution in [0.3, 0.4) is 0 Å². The van der Waals surface area contributed by atoms with Gasteiger partial charge in [0.1, 0.15) is 5.54 Å². The minimum Gasteiger partial charge on any atom is -0.479 e. The zero-order chi connectivity index (χ0) is 18.7. The molecule has 1 amide bonds. The van der Waals surface area contributed by atoms with Crippen LogP contribution in [-0.2, 0) is 16.1 Å². The number of likely N-dealkylation sites (N-methyl/N-ethyl adjacent to an activating group) is 1. The molecule has 0 radical (unpaired) electrons. The summed E-state index contributed by atoms with van der Waals surface area (Å²) in [4.78, 5) is 26.8. The number of aliphatic carboxylic acids is 1. The number of hydrogen-bond acceptors (Lipinski definition) is 3. The molecular weight excluding hydrogens is 332 g/mol. The number of carboxylic acid groups (broad SMARTS) is 1. The molecule has 140 valence electrons. The first-order valence-electron chi connectivity index (χ1n) is 9.09. The fourth-order valence-electron chi connectivity index (χ4n) is 4.00. The normalized spacial score (nSPS) is 16.5. The molecule has 1 N–H and O–H groups in total. The highest BCUT2D eigenvalue weighted by atomic mass is 16.5. The van der Waals surface area contributed by atoms with Crippen LogP contribution in [0.2, 0.25) is 0 Å². The number of aromatic nitrogens is 1. The van der Waals surface area contributed by atoms with Crippen LogP contribution in [-0.4, -0.2) is 52.8 Å². The number of methoxy groups -OCH3 is 1. The zero-order valence-electron chi connectivity index (χ0n) is 15.4. The van der Waals surface area contributed by atoms with Crippen LogP contribution in [0.5, 0.6) is 0 Å². The van der Waals surface area contributed by atoms with Gasteiger partial charge in [-0.15, -0.1) is 0 Å². The molecule has 1 heterocycles. The molecule has 1 saturated carbocycles. The number of para-hydroxylation sites is 1.